The van der Waals surface area contributed by atoms with Crippen LogP contribution < -0.4 is 21.3 Å². The Kier molecular flexibility index (Phi) is 8.82. The summed E-state index contributed by atoms with van der Waals surface area (Å²) in [6.45, 7) is 0. The molecule has 1 heterocycles. The van der Waals surface area contributed by atoms with Crippen LogP contribution in [0.15, 0.2) is 101 Å². The van der Waals surface area contributed by atoms with Gasteiger partial charge in [0.25, 0.3) is 0 Å². The first kappa shape index (κ1) is 28.8. The lowest BCUT2D eigenvalue weighted by atomic mass is 10.3. The zero-order valence-corrected chi connectivity index (χ0v) is 24.2. The molecule has 4 amide bonds. The highest BCUT2D eigenvalue weighted by Gasteiger charge is 2.20. The molecular formula is C29H22Cl2N6O4S. The van der Waals surface area contributed by atoms with Crippen molar-refractivity contribution in [3.05, 3.63) is 101 Å². The van der Waals surface area contributed by atoms with Gasteiger partial charge < -0.3 is 20.7 Å². The molecule has 212 valence electrons. The topological polar surface area (TPSA) is 126 Å². The number of carbonyl (C=O) groups excluding carboxylic acids is 3. The largest absolute Gasteiger partial charge is 0.453 e. The fourth-order valence-corrected chi connectivity index (χ4v) is 5.02. The van der Waals surface area contributed by atoms with Gasteiger partial charge in [-0.1, -0.05) is 47.1 Å². The summed E-state index contributed by atoms with van der Waals surface area (Å²) in [6, 6.07) is 25.3. The lowest BCUT2D eigenvalue weighted by molar-refractivity contribution is 0.186. The average Bonchev–Trinajstić information content (AvgIpc) is 3.33. The number of benzene rings is 4. The quantitative estimate of drug-likeness (QED) is 0.151. The Balaban J connectivity index is 1.32. The second kappa shape index (κ2) is 12.9. The first-order valence-corrected chi connectivity index (χ1v) is 13.9. The number of anilines is 4. The van der Waals surface area contributed by atoms with E-state index in [9.17, 15) is 14.4 Å². The lowest BCUT2D eigenvalue weighted by Crippen LogP contribution is -2.23. The molecule has 42 heavy (non-hydrogen) atoms. The Morgan fingerprint density at radius 3 is 2.17 bits per heavy atom. The lowest BCUT2D eigenvalue weighted by Gasteiger charge is -2.10. The number of nitrogens with zero attached hydrogens (tertiary/aromatic N) is 2. The molecule has 0 bridgehead atoms. The Morgan fingerprint density at radius 2 is 1.45 bits per heavy atom. The molecule has 0 aliphatic rings. The number of ether oxygens (including phenoxy) is 1. The maximum atomic E-state index is 13.2. The molecule has 0 aliphatic heterocycles. The SMILES string of the molecule is COC(=O)Nc1nc2cc(Sc3ccc(NC(=O)Nc4ccccc4Cl)cc3)ccc2n1C(=O)Nc1ccc(Cl)cc1. The van der Waals surface area contributed by atoms with Gasteiger partial charge in [0.15, 0.2) is 0 Å². The number of nitrogens with one attached hydrogen (secondary N) is 4. The molecule has 0 unspecified atom stereocenters. The standard InChI is InChI=1S/C29H22Cl2N6O4S/c1-41-29(40)36-26-34-24-16-21(14-15-25(24)37(26)28(39)33-19-8-6-17(30)7-9-19)42-20-12-10-18(11-13-20)32-27(38)35-23-5-3-2-4-22(23)31/h2-16H,1H3,(H,33,39)(H2,32,35,38)(H,34,36,40). The van der Waals surface area contributed by atoms with E-state index in [0.29, 0.717) is 38.1 Å². The van der Waals surface area contributed by atoms with Crippen LogP contribution in [0.3, 0.4) is 0 Å². The van der Waals surface area contributed by atoms with Crippen LogP contribution in [0.2, 0.25) is 10.0 Å². The molecule has 0 aliphatic carbocycles. The average molecular weight is 622 g/mol. The van der Waals surface area contributed by atoms with Gasteiger partial charge in [-0.15, -0.1) is 0 Å². The molecule has 5 aromatic rings. The number of urea groups is 1. The van der Waals surface area contributed by atoms with E-state index in [4.69, 9.17) is 27.9 Å². The normalized spacial score (nSPS) is 10.6. The maximum absolute atomic E-state index is 13.2. The molecule has 0 atom stereocenters. The molecule has 13 heteroatoms. The van der Waals surface area contributed by atoms with Crippen LogP contribution in [-0.2, 0) is 4.74 Å². The van der Waals surface area contributed by atoms with Gasteiger partial charge in [0.05, 0.1) is 28.9 Å². The Bertz CT molecular complexity index is 1780. The van der Waals surface area contributed by atoms with Gasteiger partial charge >= 0.3 is 18.2 Å². The molecule has 0 fully saturated rings. The molecule has 10 nitrogen and oxygen atoms in total. The fraction of sp³-hybridized carbons (Fsp3) is 0.0345. The van der Waals surface area contributed by atoms with Gasteiger partial charge in [-0.05, 0) is 78.9 Å². The summed E-state index contributed by atoms with van der Waals surface area (Å²) >= 11 is 13.5. The number of para-hydroxylation sites is 1. The Hall–Kier alpha value is -4.71. The van der Waals surface area contributed by atoms with Gasteiger partial charge in [0.1, 0.15) is 0 Å². The highest BCUT2D eigenvalue weighted by Crippen LogP contribution is 2.32. The molecular weight excluding hydrogens is 599 g/mol. The zero-order chi connectivity index (χ0) is 29.6. The smallest absolute Gasteiger partial charge is 0.413 e. The van der Waals surface area contributed by atoms with Gasteiger partial charge in [-0.3, -0.25) is 5.32 Å². The number of amides is 4. The summed E-state index contributed by atoms with van der Waals surface area (Å²) in [6.07, 6.45) is -0.769. The van der Waals surface area contributed by atoms with E-state index < -0.39 is 18.2 Å². The van der Waals surface area contributed by atoms with Crippen molar-refractivity contribution in [3.63, 3.8) is 0 Å². The van der Waals surface area contributed by atoms with Crippen LogP contribution in [0.1, 0.15) is 0 Å². The van der Waals surface area contributed by atoms with Crippen molar-refractivity contribution in [2.75, 3.05) is 28.4 Å². The predicted molar refractivity (Wildman–Crippen MR) is 166 cm³/mol. The highest BCUT2D eigenvalue weighted by atomic mass is 35.5. The van der Waals surface area contributed by atoms with E-state index in [0.717, 1.165) is 9.79 Å². The number of halogens is 2. The maximum Gasteiger partial charge on any atom is 0.413 e. The van der Waals surface area contributed by atoms with Crippen LogP contribution in [-0.4, -0.2) is 34.8 Å². The summed E-state index contributed by atoms with van der Waals surface area (Å²) < 4.78 is 5.95. The number of aromatic nitrogens is 2. The first-order valence-electron chi connectivity index (χ1n) is 12.3. The molecule has 4 N–H and O–H groups in total. The third-order valence-corrected chi connectivity index (χ3v) is 7.37. The minimum absolute atomic E-state index is 0.00374. The van der Waals surface area contributed by atoms with Gasteiger partial charge in [0, 0.05) is 26.2 Å². The number of carbonyl (C=O) groups is 3. The molecule has 0 saturated heterocycles. The number of fused-ring (bicyclic) bond motifs is 1. The highest BCUT2D eigenvalue weighted by molar-refractivity contribution is 7.99. The van der Waals surface area contributed by atoms with Gasteiger partial charge in [-0.25, -0.2) is 23.9 Å². The van der Waals surface area contributed by atoms with Crippen molar-refractivity contribution in [3.8, 4) is 0 Å². The summed E-state index contributed by atoms with van der Waals surface area (Å²) in [5.74, 6) is -0.00374. The number of hydrogen-bond acceptors (Lipinski definition) is 6. The van der Waals surface area contributed by atoms with Crippen molar-refractivity contribution in [1.29, 1.82) is 0 Å². The number of imidazole rings is 1. The number of methoxy groups -OCH3 is 1. The van der Waals surface area contributed by atoms with E-state index in [1.807, 2.05) is 18.2 Å². The van der Waals surface area contributed by atoms with Crippen LogP contribution in [0.5, 0.6) is 0 Å². The van der Waals surface area contributed by atoms with Crippen molar-refractivity contribution in [1.82, 2.24) is 9.55 Å². The van der Waals surface area contributed by atoms with Crippen molar-refractivity contribution < 1.29 is 19.1 Å². The number of rotatable bonds is 6. The van der Waals surface area contributed by atoms with Crippen LogP contribution in [0.25, 0.3) is 11.0 Å². The monoisotopic (exact) mass is 620 g/mol. The summed E-state index contributed by atoms with van der Waals surface area (Å²) in [5.41, 5.74) is 2.58. The molecule has 1 aromatic heterocycles. The van der Waals surface area contributed by atoms with Gasteiger partial charge in [-0.2, -0.15) is 0 Å². The third kappa shape index (κ3) is 6.95. The van der Waals surface area contributed by atoms with Gasteiger partial charge in [0.2, 0.25) is 5.95 Å². The second-order valence-electron chi connectivity index (χ2n) is 8.66. The van der Waals surface area contributed by atoms with E-state index in [2.05, 4.69) is 26.3 Å². The van der Waals surface area contributed by atoms with E-state index >= 15 is 0 Å². The second-order valence-corrected chi connectivity index (χ2v) is 10.7. The Morgan fingerprint density at radius 1 is 0.786 bits per heavy atom. The molecule has 0 radical (unpaired) electrons. The summed E-state index contributed by atoms with van der Waals surface area (Å²) in [7, 11) is 1.22. The molecule has 0 spiro atoms. The summed E-state index contributed by atoms with van der Waals surface area (Å²) in [4.78, 5) is 43.7. The fourth-order valence-electron chi connectivity index (χ4n) is 3.86. The first-order chi connectivity index (χ1) is 20.3. The van der Waals surface area contributed by atoms with Crippen LogP contribution in [0, 0.1) is 0 Å². The van der Waals surface area contributed by atoms with Crippen molar-refractivity contribution in [2.24, 2.45) is 0 Å². The zero-order valence-electron chi connectivity index (χ0n) is 21.9. The van der Waals surface area contributed by atoms with Crippen LogP contribution >= 0.6 is 35.0 Å². The van der Waals surface area contributed by atoms with E-state index in [-0.39, 0.29) is 5.95 Å². The molecule has 0 saturated carbocycles. The minimum Gasteiger partial charge on any atom is -0.453 e. The van der Waals surface area contributed by atoms with E-state index in [1.165, 1.54) is 23.4 Å². The molecule has 4 aromatic carbocycles. The summed E-state index contributed by atoms with van der Waals surface area (Å²) in [5, 5.41) is 11.7. The van der Waals surface area contributed by atoms with Crippen LogP contribution in [0.4, 0.5) is 37.4 Å². The minimum atomic E-state index is -0.769. The van der Waals surface area contributed by atoms with Crippen molar-refractivity contribution >= 4 is 87.2 Å². The Labute approximate surface area is 254 Å². The predicted octanol–water partition coefficient (Wildman–Crippen LogP) is 8.40. The number of hydrogen-bond donors (Lipinski definition) is 4. The van der Waals surface area contributed by atoms with Crippen molar-refractivity contribution in [2.45, 2.75) is 9.79 Å². The van der Waals surface area contributed by atoms with E-state index in [1.54, 1.807) is 72.8 Å². The molecule has 5 rings (SSSR count). The third-order valence-electron chi connectivity index (χ3n) is 5.79.